The van der Waals surface area contributed by atoms with Crippen LogP contribution in [0, 0.1) is 20.8 Å². The van der Waals surface area contributed by atoms with Crippen LogP contribution in [0.15, 0.2) is 24.3 Å². The standard InChI is InChI=1S/C19H22F2N4O/c1-12-5-4-6-17(13(12)2)24-7-9-25(10-8-24)19(26)16-11-15(18(20)21)22-14(3)23-16/h4-6,11,18H,7-10H2,1-3H3. The van der Waals surface area contributed by atoms with Gasteiger partial charge in [-0.25, -0.2) is 18.7 Å². The maximum absolute atomic E-state index is 12.9. The number of piperazine rings is 1. The quantitative estimate of drug-likeness (QED) is 0.843. The van der Waals surface area contributed by atoms with Crippen LogP contribution in [0.1, 0.15) is 39.6 Å². The second-order valence-electron chi connectivity index (χ2n) is 6.52. The maximum atomic E-state index is 12.9. The van der Waals surface area contributed by atoms with E-state index in [9.17, 15) is 13.6 Å². The lowest BCUT2D eigenvalue weighted by molar-refractivity contribution is 0.0739. The molecule has 1 aromatic heterocycles. The number of nitrogens with zero attached hydrogens (tertiary/aromatic N) is 4. The predicted molar refractivity (Wildman–Crippen MR) is 95.8 cm³/mol. The van der Waals surface area contributed by atoms with Crippen LogP contribution in [-0.2, 0) is 0 Å². The molecule has 0 atom stereocenters. The van der Waals surface area contributed by atoms with Gasteiger partial charge in [0.2, 0.25) is 0 Å². The number of rotatable bonds is 3. The van der Waals surface area contributed by atoms with Gasteiger partial charge in [0.05, 0.1) is 0 Å². The Labute approximate surface area is 151 Å². The highest BCUT2D eigenvalue weighted by molar-refractivity contribution is 5.92. The number of carbonyl (C=O) groups is 1. The van der Waals surface area contributed by atoms with E-state index in [1.807, 2.05) is 6.07 Å². The van der Waals surface area contributed by atoms with Gasteiger partial charge in [-0.15, -0.1) is 0 Å². The highest BCUT2D eigenvalue weighted by Crippen LogP contribution is 2.24. The van der Waals surface area contributed by atoms with Crippen LogP contribution in [0.4, 0.5) is 14.5 Å². The Bertz CT molecular complexity index is 817. The Kier molecular flexibility index (Phi) is 5.15. The van der Waals surface area contributed by atoms with E-state index in [2.05, 4.69) is 40.8 Å². The molecule has 1 fully saturated rings. The van der Waals surface area contributed by atoms with Gasteiger partial charge in [-0.1, -0.05) is 12.1 Å². The number of anilines is 1. The highest BCUT2D eigenvalue weighted by atomic mass is 19.3. The number of halogens is 2. The van der Waals surface area contributed by atoms with Crippen molar-refractivity contribution in [2.24, 2.45) is 0 Å². The molecule has 2 heterocycles. The average molecular weight is 360 g/mol. The number of alkyl halides is 2. The van der Waals surface area contributed by atoms with E-state index in [-0.39, 0.29) is 17.4 Å². The Morgan fingerprint density at radius 3 is 2.42 bits per heavy atom. The summed E-state index contributed by atoms with van der Waals surface area (Å²) < 4.78 is 25.8. The van der Waals surface area contributed by atoms with Gasteiger partial charge < -0.3 is 9.80 Å². The van der Waals surface area contributed by atoms with Crippen LogP contribution >= 0.6 is 0 Å². The zero-order valence-corrected chi connectivity index (χ0v) is 15.2. The molecule has 5 nitrogen and oxygen atoms in total. The largest absolute Gasteiger partial charge is 0.368 e. The minimum absolute atomic E-state index is 0.0352. The normalized spacial score (nSPS) is 14.8. The third-order valence-corrected chi connectivity index (χ3v) is 4.78. The zero-order chi connectivity index (χ0) is 18.8. The van der Waals surface area contributed by atoms with Gasteiger partial charge in [0.1, 0.15) is 17.2 Å². The summed E-state index contributed by atoms with van der Waals surface area (Å²) in [6.07, 6.45) is -2.72. The summed E-state index contributed by atoms with van der Waals surface area (Å²) in [6, 6.07) is 7.29. The Balaban J connectivity index is 1.72. The molecule has 1 aliphatic rings. The average Bonchev–Trinajstić information content (AvgIpc) is 2.63. The molecule has 0 aliphatic carbocycles. The first-order valence-corrected chi connectivity index (χ1v) is 8.61. The molecule has 3 rings (SSSR count). The molecule has 2 aromatic rings. The number of amides is 1. The van der Waals surface area contributed by atoms with E-state index in [0.717, 1.165) is 6.07 Å². The van der Waals surface area contributed by atoms with Gasteiger partial charge in [-0.2, -0.15) is 0 Å². The van der Waals surface area contributed by atoms with Gasteiger partial charge in [-0.05, 0) is 44.0 Å². The Morgan fingerprint density at radius 1 is 1.08 bits per heavy atom. The van der Waals surface area contributed by atoms with Crippen LogP contribution in [0.25, 0.3) is 0 Å². The molecule has 138 valence electrons. The molecule has 0 spiro atoms. The summed E-state index contributed by atoms with van der Waals surface area (Å²) >= 11 is 0. The molecule has 0 unspecified atom stereocenters. The lowest BCUT2D eigenvalue weighted by atomic mass is 10.1. The predicted octanol–water partition coefficient (Wildman–Crippen LogP) is 3.30. The van der Waals surface area contributed by atoms with Crippen molar-refractivity contribution in [1.29, 1.82) is 0 Å². The van der Waals surface area contributed by atoms with E-state index in [4.69, 9.17) is 0 Å². The number of aryl methyl sites for hydroxylation is 2. The molecule has 0 saturated carbocycles. The minimum Gasteiger partial charge on any atom is -0.368 e. The van der Waals surface area contributed by atoms with Gasteiger partial charge >= 0.3 is 0 Å². The highest BCUT2D eigenvalue weighted by Gasteiger charge is 2.25. The van der Waals surface area contributed by atoms with Crippen LogP contribution in [0.5, 0.6) is 0 Å². The molecule has 26 heavy (non-hydrogen) atoms. The number of hydrogen-bond donors (Lipinski definition) is 0. The molecular weight excluding hydrogens is 338 g/mol. The summed E-state index contributed by atoms with van der Waals surface area (Å²) in [5.41, 5.74) is 3.27. The molecule has 1 aliphatic heterocycles. The van der Waals surface area contributed by atoms with Crippen molar-refractivity contribution in [1.82, 2.24) is 14.9 Å². The molecule has 1 aromatic carbocycles. The summed E-state index contributed by atoms with van der Waals surface area (Å²) in [5.74, 6) is -0.141. The van der Waals surface area contributed by atoms with Crippen molar-refractivity contribution >= 4 is 11.6 Å². The molecule has 0 N–H and O–H groups in total. The Morgan fingerprint density at radius 2 is 1.77 bits per heavy atom. The third-order valence-electron chi connectivity index (χ3n) is 4.78. The number of aromatic nitrogens is 2. The fraction of sp³-hybridized carbons (Fsp3) is 0.421. The van der Waals surface area contributed by atoms with E-state index >= 15 is 0 Å². The van der Waals surface area contributed by atoms with E-state index in [0.29, 0.717) is 26.2 Å². The van der Waals surface area contributed by atoms with Crippen molar-refractivity contribution in [3.05, 3.63) is 52.6 Å². The first-order valence-electron chi connectivity index (χ1n) is 8.61. The molecule has 1 amide bonds. The lowest BCUT2D eigenvalue weighted by Gasteiger charge is -2.37. The lowest BCUT2D eigenvalue weighted by Crippen LogP contribution is -2.49. The first kappa shape index (κ1) is 18.2. The maximum Gasteiger partial charge on any atom is 0.280 e. The monoisotopic (exact) mass is 360 g/mol. The van der Waals surface area contributed by atoms with E-state index in [1.165, 1.54) is 23.7 Å². The summed E-state index contributed by atoms with van der Waals surface area (Å²) in [6.45, 7) is 8.14. The van der Waals surface area contributed by atoms with Crippen LogP contribution in [0.2, 0.25) is 0 Å². The smallest absolute Gasteiger partial charge is 0.280 e. The van der Waals surface area contributed by atoms with Crippen LogP contribution in [0.3, 0.4) is 0 Å². The molecular formula is C19H22F2N4O. The summed E-state index contributed by atoms with van der Waals surface area (Å²) in [4.78, 5) is 24.3. The fourth-order valence-electron chi connectivity index (χ4n) is 3.20. The number of benzene rings is 1. The van der Waals surface area contributed by atoms with Gasteiger partial charge in [-0.3, -0.25) is 4.79 Å². The minimum atomic E-state index is -2.72. The fourth-order valence-corrected chi connectivity index (χ4v) is 3.20. The summed E-state index contributed by atoms with van der Waals surface area (Å²) in [5, 5.41) is 0. The molecule has 0 radical (unpaired) electrons. The molecule has 7 heteroatoms. The summed E-state index contributed by atoms with van der Waals surface area (Å²) in [7, 11) is 0. The second kappa shape index (κ2) is 7.35. The number of hydrogen-bond acceptors (Lipinski definition) is 4. The van der Waals surface area contributed by atoms with Crippen molar-refractivity contribution in [2.45, 2.75) is 27.2 Å². The SMILES string of the molecule is Cc1nc(C(=O)N2CCN(c3cccc(C)c3C)CC2)cc(C(F)F)n1. The van der Waals surface area contributed by atoms with Crippen LogP contribution in [-0.4, -0.2) is 47.0 Å². The molecule has 1 saturated heterocycles. The topological polar surface area (TPSA) is 49.3 Å². The van der Waals surface area contributed by atoms with Gasteiger partial charge in [0, 0.05) is 31.9 Å². The van der Waals surface area contributed by atoms with Crippen molar-refractivity contribution in [3.63, 3.8) is 0 Å². The van der Waals surface area contributed by atoms with Crippen molar-refractivity contribution < 1.29 is 13.6 Å². The third kappa shape index (κ3) is 3.66. The van der Waals surface area contributed by atoms with Gasteiger partial charge in [0.15, 0.2) is 0 Å². The van der Waals surface area contributed by atoms with Crippen molar-refractivity contribution in [3.8, 4) is 0 Å². The second-order valence-corrected chi connectivity index (χ2v) is 6.52. The van der Waals surface area contributed by atoms with Gasteiger partial charge in [0.25, 0.3) is 12.3 Å². The zero-order valence-electron chi connectivity index (χ0n) is 15.2. The number of carbonyl (C=O) groups excluding carboxylic acids is 1. The Hall–Kier alpha value is -2.57. The van der Waals surface area contributed by atoms with Crippen molar-refractivity contribution in [2.75, 3.05) is 31.1 Å². The van der Waals surface area contributed by atoms with E-state index < -0.39 is 12.1 Å². The van der Waals surface area contributed by atoms with Crippen LogP contribution < -0.4 is 4.90 Å². The first-order chi connectivity index (χ1) is 12.4. The van der Waals surface area contributed by atoms with E-state index in [1.54, 1.807) is 4.90 Å². The molecule has 0 bridgehead atoms.